The van der Waals surface area contributed by atoms with Crippen molar-refractivity contribution in [2.45, 2.75) is 25.8 Å². The summed E-state index contributed by atoms with van der Waals surface area (Å²) in [4.78, 5) is 12.5. The lowest BCUT2D eigenvalue weighted by atomic mass is 9.92. The van der Waals surface area contributed by atoms with E-state index in [-0.39, 0.29) is 11.8 Å². The molecule has 0 aromatic heterocycles. The molecule has 1 amide bonds. The Morgan fingerprint density at radius 1 is 1.19 bits per heavy atom. The largest absolute Gasteiger partial charge is 0.493 e. The number of ether oxygens (including phenoxy) is 1. The van der Waals surface area contributed by atoms with Crippen molar-refractivity contribution in [2.24, 2.45) is 0 Å². The van der Waals surface area contributed by atoms with Gasteiger partial charge in [0.25, 0.3) is 0 Å². The van der Waals surface area contributed by atoms with Gasteiger partial charge in [-0.15, -0.1) is 0 Å². The molecule has 0 radical (unpaired) electrons. The lowest BCUT2D eigenvalue weighted by Gasteiger charge is -2.25. The first-order valence-electron chi connectivity index (χ1n) is 7.29. The quantitative estimate of drug-likeness (QED) is 0.938. The number of fused-ring (bicyclic) bond motifs is 1. The number of benzene rings is 2. The summed E-state index contributed by atoms with van der Waals surface area (Å²) >= 11 is 0. The molecule has 0 aliphatic carbocycles. The van der Waals surface area contributed by atoms with Gasteiger partial charge in [0.05, 0.1) is 12.5 Å². The highest BCUT2D eigenvalue weighted by Gasteiger charge is 2.27. The van der Waals surface area contributed by atoms with E-state index in [4.69, 9.17) is 4.74 Å². The Morgan fingerprint density at radius 2 is 1.95 bits per heavy atom. The molecule has 0 saturated carbocycles. The van der Waals surface area contributed by atoms with Gasteiger partial charge in [-0.3, -0.25) is 4.79 Å². The van der Waals surface area contributed by atoms with Crippen LogP contribution in [0.1, 0.15) is 29.0 Å². The van der Waals surface area contributed by atoms with Gasteiger partial charge in [-0.05, 0) is 30.5 Å². The first-order valence-corrected chi connectivity index (χ1v) is 7.29. The number of rotatable bonds is 3. The molecule has 0 fully saturated rings. The highest BCUT2D eigenvalue weighted by Crippen LogP contribution is 2.33. The van der Waals surface area contributed by atoms with Crippen molar-refractivity contribution < 1.29 is 9.53 Å². The SMILES string of the molecule is Cc1ccccc1CNC(=O)C1CCOc2ccccc21. The Bertz CT molecular complexity index is 651. The van der Waals surface area contributed by atoms with E-state index in [0.29, 0.717) is 13.2 Å². The molecule has 3 rings (SSSR count). The topological polar surface area (TPSA) is 38.3 Å². The molecule has 21 heavy (non-hydrogen) atoms. The minimum absolute atomic E-state index is 0.0778. The second kappa shape index (κ2) is 6.00. The van der Waals surface area contributed by atoms with E-state index in [9.17, 15) is 4.79 Å². The van der Waals surface area contributed by atoms with Gasteiger partial charge in [0, 0.05) is 12.1 Å². The van der Waals surface area contributed by atoms with Gasteiger partial charge < -0.3 is 10.1 Å². The summed E-state index contributed by atoms with van der Waals surface area (Å²) in [6, 6.07) is 15.9. The molecular formula is C18H19NO2. The average molecular weight is 281 g/mol. The van der Waals surface area contributed by atoms with E-state index in [1.54, 1.807) is 0 Å². The molecule has 1 N–H and O–H groups in total. The predicted octanol–water partition coefficient (Wildman–Crippen LogP) is 3.18. The van der Waals surface area contributed by atoms with Crippen LogP contribution in [0.25, 0.3) is 0 Å². The molecule has 1 atom stereocenters. The maximum absolute atomic E-state index is 12.5. The lowest BCUT2D eigenvalue weighted by molar-refractivity contribution is -0.123. The number of carbonyl (C=O) groups is 1. The third-order valence-electron chi connectivity index (χ3n) is 3.99. The number of hydrogen-bond acceptors (Lipinski definition) is 2. The highest BCUT2D eigenvalue weighted by atomic mass is 16.5. The number of amides is 1. The third-order valence-corrected chi connectivity index (χ3v) is 3.99. The van der Waals surface area contributed by atoms with Gasteiger partial charge in [0.1, 0.15) is 5.75 Å². The van der Waals surface area contributed by atoms with Crippen LogP contribution in [-0.2, 0) is 11.3 Å². The molecule has 2 aromatic carbocycles. The van der Waals surface area contributed by atoms with E-state index in [2.05, 4.69) is 18.3 Å². The molecule has 0 bridgehead atoms. The summed E-state index contributed by atoms with van der Waals surface area (Å²) in [5.41, 5.74) is 3.35. The summed E-state index contributed by atoms with van der Waals surface area (Å²) < 4.78 is 5.61. The highest BCUT2D eigenvalue weighted by molar-refractivity contribution is 5.84. The van der Waals surface area contributed by atoms with Gasteiger partial charge in [-0.2, -0.15) is 0 Å². The Labute approximate surface area is 124 Å². The molecule has 1 aliphatic rings. The molecular weight excluding hydrogens is 262 g/mol. The van der Waals surface area contributed by atoms with Crippen molar-refractivity contribution in [2.75, 3.05) is 6.61 Å². The summed E-state index contributed by atoms with van der Waals surface area (Å²) in [6.45, 7) is 3.23. The summed E-state index contributed by atoms with van der Waals surface area (Å²) in [6.07, 6.45) is 0.733. The van der Waals surface area contributed by atoms with Crippen LogP contribution in [0.5, 0.6) is 5.75 Å². The third kappa shape index (κ3) is 2.92. The normalized spacial score (nSPS) is 16.7. The van der Waals surface area contributed by atoms with Crippen LogP contribution >= 0.6 is 0 Å². The van der Waals surface area contributed by atoms with E-state index in [1.165, 1.54) is 5.56 Å². The van der Waals surface area contributed by atoms with Crippen LogP contribution in [0.2, 0.25) is 0 Å². The Morgan fingerprint density at radius 3 is 2.81 bits per heavy atom. The van der Waals surface area contributed by atoms with Crippen molar-refractivity contribution in [3.63, 3.8) is 0 Å². The second-order valence-corrected chi connectivity index (χ2v) is 5.37. The smallest absolute Gasteiger partial charge is 0.228 e. The summed E-state index contributed by atoms with van der Waals surface area (Å²) in [7, 11) is 0. The first-order chi connectivity index (χ1) is 10.3. The van der Waals surface area contributed by atoms with E-state index >= 15 is 0 Å². The molecule has 3 heteroatoms. The standard InChI is InChI=1S/C18H19NO2/c1-13-6-2-3-7-14(13)12-19-18(20)16-10-11-21-17-9-5-4-8-15(16)17/h2-9,16H,10-12H2,1H3,(H,19,20). The fourth-order valence-electron chi connectivity index (χ4n) is 2.73. The molecule has 1 aliphatic heterocycles. The van der Waals surface area contributed by atoms with E-state index in [0.717, 1.165) is 23.3 Å². The van der Waals surface area contributed by atoms with Gasteiger partial charge in [0.2, 0.25) is 5.91 Å². The number of para-hydroxylation sites is 1. The van der Waals surface area contributed by atoms with Crippen LogP contribution in [0, 0.1) is 6.92 Å². The van der Waals surface area contributed by atoms with Crippen molar-refractivity contribution in [3.8, 4) is 5.75 Å². The van der Waals surface area contributed by atoms with Crippen molar-refractivity contribution in [1.29, 1.82) is 0 Å². The van der Waals surface area contributed by atoms with Crippen LogP contribution in [0.3, 0.4) is 0 Å². The molecule has 108 valence electrons. The van der Waals surface area contributed by atoms with Crippen molar-refractivity contribution >= 4 is 5.91 Å². The molecule has 1 unspecified atom stereocenters. The minimum Gasteiger partial charge on any atom is -0.493 e. The zero-order valence-electron chi connectivity index (χ0n) is 12.1. The van der Waals surface area contributed by atoms with E-state index in [1.807, 2.05) is 42.5 Å². The molecule has 0 spiro atoms. The molecule has 3 nitrogen and oxygen atoms in total. The molecule has 1 heterocycles. The maximum atomic E-state index is 12.5. The van der Waals surface area contributed by atoms with E-state index < -0.39 is 0 Å². The summed E-state index contributed by atoms with van der Waals surface area (Å²) in [5.74, 6) is 0.799. The Kier molecular flexibility index (Phi) is 3.91. The van der Waals surface area contributed by atoms with Gasteiger partial charge in [-0.1, -0.05) is 42.5 Å². The summed E-state index contributed by atoms with van der Waals surface area (Å²) in [5, 5.41) is 3.06. The minimum atomic E-state index is -0.112. The average Bonchev–Trinajstić information content (AvgIpc) is 2.53. The fourth-order valence-corrected chi connectivity index (χ4v) is 2.73. The van der Waals surface area contributed by atoms with Gasteiger partial charge in [0.15, 0.2) is 0 Å². The first kappa shape index (κ1) is 13.7. The lowest BCUT2D eigenvalue weighted by Crippen LogP contribution is -2.32. The fraction of sp³-hybridized carbons (Fsp3) is 0.278. The zero-order valence-corrected chi connectivity index (χ0v) is 12.1. The Balaban J connectivity index is 1.71. The number of nitrogens with one attached hydrogen (secondary N) is 1. The van der Waals surface area contributed by atoms with Crippen LogP contribution in [-0.4, -0.2) is 12.5 Å². The zero-order chi connectivity index (χ0) is 14.7. The number of carbonyl (C=O) groups excluding carboxylic acids is 1. The second-order valence-electron chi connectivity index (χ2n) is 5.37. The van der Waals surface area contributed by atoms with Crippen molar-refractivity contribution in [1.82, 2.24) is 5.32 Å². The van der Waals surface area contributed by atoms with Gasteiger partial charge >= 0.3 is 0 Å². The van der Waals surface area contributed by atoms with Crippen LogP contribution < -0.4 is 10.1 Å². The molecule has 0 saturated heterocycles. The predicted molar refractivity (Wildman–Crippen MR) is 82.3 cm³/mol. The maximum Gasteiger partial charge on any atom is 0.228 e. The molecule has 2 aromatic rings. The van der Waals surface area contributed by atoms with Crippen molar-refractivity contribution in [3.05, 3.63) is 65.2 Å². The Hall–Kier alpha value is -2.29. The number of aryl methyl sites for hydroxylation is 1. The number of hydrogen-bond donors (Lipinski definition) is 1. The van der Waals surface area contributed by atoms with Crippen LogP contribution in [0.4, 0.5) is 0 Å². The van der Waals surface area contributed by atoms with Crippen LogP contribution in [0.15, 0.2) is 48.5 Å². The monoisotopic (exact) mass is 281 g/mol. The van der Waals surface area contributed by atoms with Gasteiger partial charge in [-0.25, -0.2) is 0 Å².